The van der Waals surface area contributed by atoms with Crippen LogP contribution in [0.5, 0.6) is 0 Å². The lowest BCUT2D eigenvalue weighted by atomic mass is 10.1. The van der Waals surface area contributed by atoms with Gasteiger partial charge in [-0.1, -0.05) is 72.3 Å². The minimum absolute atomic E-state index is 0.0310. The van der Waals surface area contributed by atoms with Crippen LogP contribution < -0.4 is 10.0 Å². The Morgan fingerprint density at radius 2 is 1.61 bits per heavy atom. The van der Waals surface area contributed by atoms with Crippen LogP contribution in [0.3, 0.4) is 0 Å². The third-order valence-corrected chi connectivity index (χ3v) is 6.63. The monoisotopic (exact) mass is 436 g/mol. The zero-order chi connectivity index (χ0) is 22.3. The first-order valence-electron chi connectivity index (χ1n) is 10.3. The molecule has 162 valence electrons. The van der Waals surface area contributed by atoms with Gasteiger partial charge in [0.05, 0.1) is 4.90 Å². The molecule has 0 bridgehead atoms. The van der Waals surface area contributed by atoms with Crippen LogP contribution in [0.25, 0.3) is 0 Å². The van der Waals surface area contributed by atoms with Crippen LogP contribution in [-0.2, 0) is 27.8 Å². The molecule has 5 nitrogen and oxygen atoms in total. The molecule has 0 heterocycles. The summed E-state index contributed by atoms with van der Waals surface area (Å²) in [5.41, 5.74) is 4.05. The van der Waals surface area contributed by atoms with E-state index in [1.165, 1.54) is 0 Å². The molecule has 0 aliphatic carbocycles. The van der Waals surface area contributed by atoms with Crippen molar-refractivity contribution in [3.8, 4) is 0 Å². The largest absolute Gasteiger partial charge is 0.352 e. The number of rotatable bonds is 9. The number of hydrogen-bond donors (Lipinski definition) is 2. The Hall–Kier alpha value is -2.96. The van der Waals surface area contributed by atoms with Crippen LogP contribution in [0.4, 0.5) is 0 Å². The van der Waals surface area contributed by atoms with E-state index in [2.05, 4.69) is 10.0 Å². The normalized spacial score (nSPS) is 12.3. The van der Waals surface area contributed by atoms with E-state index in [1.54, 1.807) is 24.3 Å². The molecule has 3 aromatic rings. The molecular weight excluding hydrogens is 408 g/mol. The van der Waals surface area contributed by atoms with E-state index in [4.69, 9.17) is 0 Å². The molecule has 0 aliphatic rings. The highest BCUT2D eigenvalue weighted by molar-refractivity contribution is 7.89. The molecule has 0 aromatic heterocycles. The van der Waals surface area contributed by atoms with E-state index >= 15 is 0 Å². The number of sulfonamides is 1. The van der Waals surface area contributed by atoms with Gasteiger partial charge in [-0.25, -0.2) is 13.1 Å². The van der Waals surface area contributed by atoms with Gasteiger partial charge in [0.1, 0.15) is 0 Å². The van der Waals surface area contributed by atoms with Gasteiger partial charge in [-0.3, -0.25) is 4.79 Å². The van der Waals surface area contributed by atoms with Gasteiger partial charge < -0.3 is 5.32 Å². The highest BCUT2D eigenvalue weighted by atomic mass is 32.2. The minimum Gasteiger partial charge on any atom is -0.352 e. The Balaban J connectivity index is 1.51. The molecule has 31 heavy (non-hydrogen) atoms. The summed E-state index contributed by atoms with van der Waals surface area (Å²) in [6.45, 7) is 4.34. The first-order valence-corrected chi connectivity index (χ1v) is 11.8. The lowest BCUT2D eigenvalue weighted by Crippen LogP contribution is -2.26. The highest BCUT2D eigenvalue weighted by Crippen LogP contribution is 2.17. The molecule has 6 heteroatoms. The van der Waals surface area contributed by atoms with Gasteiger partial charge in [0.15, 0.2) is 0 Å². The van der Waals surface area contributed by atoms with Crippen molar-refractivity contribution in [2.75, 3.05) is 0 Å². The van der Waals surface area contributed by atoms with E-state index in [0.717, 1.165) is 22.3 Å². The smallest absolute Gasteiger partial charge is 0.241 e. The third-order valence-electron chi connectivity index (χ3n) is 5.08. The summed E-state index contributed by atoms with van der Waals surface area (Å²) in [4.78, 5) is 12.4. The maximum atomic E-state index is 12.7. The Kier molecular flexibility index (Phi) is 7.60. The fourth-order valence-corrected chi connectivity index (χ4v) is 4.55. The summed E-state index contributed by atoms with van der Waals surface area (Å²) >= 11 is 0. The maximum Gasteiger partial charge on any atom is 0.241 e. The Labute approximate surface area is 184 Å². The predicted octanol–water partition coefficient (Wildman–Crippen LogP) is 4.28. The topological polar surface area (TPSA) is 75.3 Å². The second-order valence-corrected chi connectivity index (χ2v) is 9.38. The molecule has 0 spiro atoms. The van der Waals surface area contributed by atoms with Crippen LogP contribution in [-0.4, -0.2) is 14.3 Å². The second-order valence-electron chi connectivity index (χ2n) is 7.66. The van der Waals surface area contributed by atoms with Gasteiger partial charge in [-0.15, -0.1) is 0 Å². The van der Waals surface area contributed by atoms with Gasteiger partial charge >= 0.3 is 0 Å². The summed E-state index contributed by atoms with van der Waals surface area (Å²) in [5.74, 6) is -0.0310. The van der Waals surface area contributed by atoms with E-state index in [1.807, 2.05) is 68.4 Å². The molecule has 1 atom stereocenters. The summed E-state index contributed by atoms with van der Waals surface area (Å²) in [6, 6.07) is 23.8. The Bertz CT molecular complexity index is 1110. The number of hydrogen-bond acceptors (Lipinski definition) is 3. The molecule has 0 radical (unpaired) electrons. The summed E-state index contributed by atoms with van der Waals surface area (Å²) < 4.78 is 28.0. The number of aryl methyl sites for hydroxylation is 2. The van der Waals surface area contributed by atoms with E-state index in [9.17, 15) is 13.2 Å². The third kappa shape index (κ3) is 6.77. The van der Waals surface area contributed by atoms with Crippen LogP contribution >= 0.6 is 0 Å². The molecule has 0 fully saturated rings. The molecule has 0 aliphatic heterocycles. The van der Waals surface area contributed by atoms with E-state index in [-0.39, 0.29) is 16.8 Å². The van der Waals surface area contributed by atoms with Gasteiger partial charge in [0, 0.05) is 19.0 Å². The lowest BCUT2D eigenvalue weighted by molar-refractivity contribution is -0.121. The molecule has 0 saturated carbocycles. The molecule has 2 N–H and O–H groups in total. The molecule has 3 rings (SSSR count). The maximum absolute atomic E-state index is 12.7. The molecule has 1 amide bonds. The van der Waals surface area contributed by atoms with Crippen molar-refractivity contribution in [2.24, 2.45) is 0 Å². The second kappa shape index (κ2) is 10.4. The number of amides is 1. The first-order chi connectivity index (χ1) is 14.8. The zero-order valence-corrected chi connectivity index (χ0v) is 18.7. The van der Waals surface area contributed by atoms with Crippen molar-refractivity contribution < 1.29 is 13.2 Å². The van der Waals surface area contributed by atoms with Crippen LogP contribution in [0.2, 0.25) is 0 Å². The van der Waals surface area contributed by atoms with Crippen LogP contribution in [0.1, 0.15) is 41.6 Å². The van der Waals surface area contributed by atoms with Crippen molar-refractivity contribution in [1.82, 2.24) is 10.0 Å². The molecule has 1 unspecified atom stereocenters. The molecule has 3 aromatic carbocycles. The molecular formula is C25H28N2O3S. The average molecular weight is 437 g/mol. The fraction of sp³-hybridized carbons (Fsp3) is 0.240. The van der Waals surface area contributed by atoms with Crippen LogP contribution in [0.15, 0.2) is 83.8 Å². The van der Waals surface area contributed by atoms with Crippen molar-refractivity contribution in [1.29, 1.82) is 0 Å². The average Bonchev–Trinajstić information content (AvgIpc) is 2.77. The Morgan fingerprint density at radius 1 is 0.903 bits per heavy atom. The SMILES string of the molecule is Cc1cccc(CNC(=O)CCc2ccc(S(=O)(=O)NC(C)c3ccccc3)cc2)c1. The Morgan fingerprint density at radius 3 is 2.29 bits per heavy atom. The zero-order valence-electron chi connectivity index (χ0n) is 17.8. The van der Waals surface area contributed by atoms with Gasteiger partial charge in [-0.2, -0.15) is 0 Å². The number of nitrogens with one attached hydrogen (secondary N) is 2. The van der Waals surface area contributed by atoms with E-state index in [0.29, 0.717) is 19.4 Å². The van der Waals surface area contributed by atoms with Crippen molar-refractivity contribution in [2.45, 2.75) is 44.2 Å². The van der Waals surface area contributed by atoms with Gasteiger partial charge in [-0.05, 0) is 49.1 Å². The van der Waals surface area contributed by atoms with E-state index < -0.39 is 10.0 Å². The number of carbonyl (C=O) groups excluding carboxylic acids is 1. The van der Waals surface area contributed by atoms with Crippen molar-refractivity contribution in [3.63, 3.8) is 0 Å². The lowest BCUT2D eigenvalue weighted by Gasteiger charge is -2.15. The minimum atomic E-state index is -3.63. The first kappa shape index (κ1) is 22.7. The molecule has 0 saturated heterocycles. The number of benzene rings is 3. The summed E-state index contributed by atoms with van der Waals surface area (Å²) in [6.07, 6.45) is 0.898. The quantitative estimate of drug-likeness (QED) is 0.526. The van der Waals surface area contributed by atoms with Crippen molar-refractivity contribution in [3.05, 3.63) is 101 Å². The van der Waals surface area contributed by atoms with Gasteiger partial charge in [0.2, 0.25) is 15.9 Å². The summed E-state index contributed by atoms with van der Waals surface area (Å²) in [7, 11) is -3.63. The summed E-state index contributed by atoms with van der Waals surface area (Å²) in [5, 5.41) is 2.92. The predicted molar refractivity (Wildman–Crippen MR) is 123 cm³/mol. The highest BCUT2D eigenvalue weighted by Gasteiger charge is 2.18. The standard InChI is InChI=1S/C25H28N2O3S/c1-19-7-6-8-22(17-19)18-26-25(28)16-13-21-11-14-24(15-12-21)31(29,30)27-20(2)23-9-4-3-5-10-23/h3-12,14-15,17,20,27H,13,16,18H2,1-2H3,(H,26,28). The van der Waals surface area contributed by atoms with Gasteiger partial charge in [0.25, 0.3) is 0 Å². The fourth-order valence-electron chi connectivity index (χ4n) is 3.31. The van der Waals surface area contributed by atoms with Crippen LogP contribution in [0, 0.1) is 6.92 Å². The number of carbonyl (C=O) groups is 1. The van der Waals surface area contributed by atoms with Crippen molar-refractivity contribution >= 4 is 15.9 Å².